The van der Waals surface area contributed by atoms with Crippen molar-refractivity contribution >= 4 is 46.0 Å². The Kier molecular flexibility index (Phi) is 8.13. The van der Waals surface area contributed by atoms with Gasteiger partial charge in [0, 0.05) is 28.7 Å². The molecule has 7 nitrogen and oxygen atoms in total. The van der Waals surface area contributed by atoms with E-state index in [-0.39, 0.29) is 47.8 Å². The van der Waals surface area contributed by atoms with E-state index in [1.807, 2.05) is 59.8 Å². The molecule has 2 aromatic rings. The number of hydrogen-bond donors (Lipinski definition) is 1. The highest BCUT2D eigenvalue weighted by atomic mass is 35.5. The predicted octanol–water partition coefficient (Wildman–Crippen LogP) is 7.13. The fourth-order valence-corrected chi connectivity index (χ4v) is 11.3. The first kappa shape index (κ1) is 33.0. The SMILES string of the molecule is Cc1cc(C)c(C(=O)CSC(=O)[C@@]2(OC(=O)c3ccco3)[C@H](C)CC3C4CC=C5CC(=O)C=C[C@]5(C)[C@@]4(Cl)[C@@H](O)C[C@@]32C)c(C)c1. The van der Waals surface area contributed by atoms with E-state index in [1.54, 1.807) is 12.1 Å². The number of thioether (sulfide) groups is 1. The summed E-state index contributed by atoms with van der Waals surface area (Å²) in [4.78, 5) is 53.1. The third-order valence-electron chi connectivity index (χ3n) is 11.7. The molecule has 4 aliphatic carbocycles. The Morgan fingerprint density at radius 1 is 1.13 bits per heavy atom. The molecule has 1 aromatic heterocycles. The Labute approximate surface area is 279 Å². The second-order valence-corrected chi connectivity index (χ2v) is 15.8. The van der Waals surface area contributed by atoms with Crippen molar-refractivity contribution in [1.82, 2.24) is 0 Å². The molecule has 244 valence electrons. The molecule has 0 bridgehead atoms. The first-order valence-electron chi connectivity index (χ1n) is 15.9. The number of carbonyl (C=O) groups is 4. The van der Waals surface area contributed by atoms with Crippen LogP contribution in [-0.4, -0.2) is 50.1 Å². The summed E-state index contributed by atoms with van der Waals surface area (Å²) in [7, 11) is 0. The Morgan fingerprint density at radius 2 is 1.83 bits per heavy atom. The number of allylic oxidation sites excluding steroid dienone is 4. The van der Waals surface area contributed by atoms with Crippen LogP contribution in [0.15, 0.2) is 58.7 Å². The van der Waals surface area contributed by atoms with Crippen molar-refractivity contribution in [3.63, 3.8) is 0 Å². The minimum Gasteiger partial charge on any atom is -0.457 e. The van der Waals surface area contributed by atoms with Crippen LogP contribution in [-0.2, 0) is 14.3 Å². The number of benzene rings is 1. The highest BCUT2D eigenvalue weighted by Crippen LogP contribution is 2.72. The Hall–Kier alpha value is -2.94. The molecule has 1 N–H and O–H groups in total. The number of rotatable bonds is 6. The van der Waals surface area contributed by atoms with Crippen molar-refractivity contribution in [2.75, 3.05) is 5.75 Å². The Balaban J connectivity index is 1.40. The topological polar surface area (TPSA) is 111 Å². The number of esters is 1. The van der Waals surface area contributed by atoms with Crippen molar-refractivity contribution in [3.8, 4) is 0 Å². The Morgan fingerprint density at radius 3 is 2.48 bits per heavy atom. The summed E-state index contributed by atoms with van der Waals surface area (Å²) in [6, 6.07) is 6.97. The van der Waals surface area contributed by atoms with Crippen LogP contribution < -0.4 is 0 Å². The number of alkyl halides is 1. The van der Waals surface area contributed by atoms with Gasteiger partial charge in [-0.25, -0.2) is 4.79 Å². The van der Waals surface area contributed by atoms with Crippen molar-refractivity contribution in [2.24, 2.45) is 28.6 Å². The largest absolute Gasteiger partial charge is 0.457 e. The van der Waals surface area contributed by atoms with Crippen molar-refractivity contribution < 1.29 is 33.4 Å². The molecule has 6 rings (SSSR count). The summed E-state index contributed by atoms with van der Waals surface area (Å²) in [6.45, 7) is 11.6. The summed E-state index contributed by atoms with van der Waals surface area (Å²) >= 11 is 8.50. The summed E-state index contributed by atoms with van der Waals surface area (Å²) in [5.41, 5.74) is 0.790. The molecule has 2 fully saturated rings. The fraction of sp³-hybridized carbons (Fsp3) is 0.514. The van der Waals surface area contributed by atoms with Gasteiger partial charge in [0.25, 0.3) is 0 Å². The maximum Gasteiger partial charge on any atom is 0.375 e. The van der Waals surface area contributed by atoms with Gasteiger partial charge in [0.05, 0.1) is 23.0 Å². The number of halogens is 1. The first-order valence-corrected chi connectivity index (χ1v) is 17.3. The summed E-state index contributed by atoms with van der Waals surface area (Å²) < 4.78 is 11.7. The van der Waals surface area contributed by atoms with E-state index in [0.29, 0.717) is 18.4 Å². The van der Waals surface area contributed by atoms with E-state index in [1.165, 1.54) is 12.3 Å². The summed E-state index contributed by atoms with van der Waals surface area (Å²) in [5.74, 6) is -2.03. The number of ether oxygens (including phenoxy) is 1. The molecule has 0 radical (unpaired) electrons. The number of fused-ring (bicyclic) bond motifs is 5. The maximum atomic E-state index is 14.7. The lowest BCUT2D eigenvalue weighted by Gasteiger charge is -2.63. The molecule has 2 saturated carbocycles. The van der Waals surface area contributed by atoms with Gasteiger partial charge in [-0.05, 0) is 81.2 Å². The number of Topliss-reactive ketones (excluding diaryl/α,β-unsaturated/α-hetero) is 1. The third-order valence-corrected chi connectivity index (χ3v) is 13.6. The second-order valence-electron chi connectivity index (χ2n) is 14.3. The lowest BCUT2D eigenvalue weighted by Crippen LogP contribution is -2.69. The number of hydrogen-bond acceptors (Lipinski definition) is 8. The van der Waals surface area contributed by atoms with Crippen LogP contribution in [0.2, 0.25) is 0 Å². The molecule has 0 aliphatic heterocycles. The highest BCUT2D eigenvalue weighted by molar-refractivity contribution is 8.14. The van der Waals surface area contributed by atoms with Gasteiger partial charge in [0.15, 0.2) is 17.2 Å². The molecule has 1 aromatic carbocycles. The molecular weight excluding hydrogens is 624 g/mol. The number of ketones is 2. The summed E-state index contributed by atoms with van der Waals surface area (Å²) in [6.07, 6.45) is 7.14. The first-order chi connectivity index (χ1) is 21.6. The van der Waals surface area contributed by atoms with Gasteiger partial charge in [-0.1, -0.05) is 68.0 Å². The molecule has 2 unspecified atom stereocenters. The molecule has 4 aliphatic rings. The lowest BCUT2D eigenvalue weighted by molar-refractivity contribution is -0.170. The van der Waals surface area contributed by atoms with E-state index in [9.17, 15) is 24.3 Å². The number of furan rings is 1. The van der Waals surface area contributed by atoms with Crippen molar-refractivity contribution in [1.29, 1.82) is 0 Å². The van der Waals surface area contributed by atoms with Gasteiger partial charge >= 0.3 is 5.97 Å². The van der Waals surface area contributed by atoms with Crippen LogP contribution in [0.1, 0.15) is 84.1 Å². The average Bonchev–Trinajstić information content (AvgIpc) is 3.59. The van der Waals surface area contributed by atoms with Crippen LogP contribution >= 0.6 is 23.4 Å². The van der Waals surface area contributed by atoms with Gasteiger partial charge in [-0.15, -0.1) is 11.6 Å². The molecule has 1 heterocycles. The van der Waals surface area contributed by atoms with Crippen LogP contribution in [0.3, 0.4) is 0 Å². The minimum atomic E-state index is -1.67. The molecular formula is C37H41ClO7S. The molecule has 8 atom stereocenters. The van der Waals surface area contributed by atoms with Gasteiger partial charge in [-0.2, -0.15) is 0 Å². The number of carbonyl (C=O) groups excluding carboxylic acids is 4. The van der Waals surface area contributed by atoms with E-state index < -0.39 is 44.4 Å². The quantitative estimate of drug-likeness (QED) is 0.150. The zero-order valence-corrected chi connectivity index (χ0v) is 28.7. The van der Waals surface area contributed by atoms with E-state index in [0.717, 1.165) is 34.0 Å². The van der Waals surface area contributed by atoms with Crippen molar-refractivity contribution in [3.05, 3.63) is 82.3 Å². The van der Waals surface area contributed by atoms with Gasteiger partial charge in [0.1, 0.15) is 0 Å². The number of aliphatic hydroxyl groups is 1. The van der Waals surface area contributed by atoms with Gasteiger partial charge in [-0.3, -0.25) is 14.4 Å². The second kappa shape index (κ2) is 11.3. The normalized spacial score (nSPS) is 36.3. The number of aryl methyl sites for hydroxylation is 3. The molecule has 0 saturated heterocycles. The smallest absolute Gasteiger partial charge is 0.375 e. The van der Waals surface area contributed by atoms with Gasteiger partial charge < -0.3 is 14.3 Å². The van der Waals surface area contributed by atoms with E-state index >= 15 is 0 Å². The molecule has 46 heavy (non-hydrogen) atoms. The predicted molar refractivity (Wildman–Crippen MR) is 177 cm³/mol. The molecule has 0 spiro atoms. The number of aliphatic hydroxyl groups excluding tert-OH is 1. The summed E-state index contributed by atoms with van der Waals surface area (Å²) in [5, 5.41) is 11.7. The van der Waals surface area contributed by atoms with Crippen molar-refractivity contribution in [2.45, 2.75) is 83.8 Å². The fourth-order valence-electron chi connectivity index (χ4n) is 9.65. The van der Waals surface area contributed by atoms with Crippen LogP contribution in [0.25, 0.3) is 0 Å². The zero-order valence-electron chi connectivity index (χ0n) is 27.1. The third kappa shape index (κ3) is 4.57. The average molecular weight is 665 g/mol. The van der Waals surface area contributed by atoms with Crippen LogP contribution in [0.4, 0.5) is 0 Å². The highest BCUT2D eigenvalue weighted by Gasteiger charge is 2.76. The molecule has 9 heteroatoms. The molecule has 0 amide bonds. The maximum absolute atomic E-state index is 14.7. The van der Waals surface area contributed by atoms with E-state index in [2.05, 4.69) is 6.08 Å². The minimum absolute atomic E-state index is 0.00381. The zero-order chi connectivity index (χ0) is 33.4. The van der Waals surface area contributed by atoms with Crippen LogP contribution in [0, 0.1) is 49.4 Å². The Bertz CT molecular complexity index is 1670. The monoisotopic (exact) mass is 664 g/mol. The standard InChI is InChI=1S/C37H41ClO7S/c1-20-14-21(2)31(22(3)15-20)28(40)19-46-33(43)37(45-32(42)29-8-7-13-44-29)23(4)16-27-26-10-9-24-17-25(39)11-12-34(24,5)36(26,38)30(41)18-35(27,37)6/h7-9,11-15,23,26-27,30,41H,10,16-19H2,1-6H3/t23-,26?,27?,30+,34+,35+,36+,37+/m1/s1. The van der Waals surface area contributed by atoms with Crippen LogP contribution in [0.5, 0.6) is 0 Å². The lowest BCUT2D eigenvalue weighted by atomic mass is 9.46. The van der Waals surface area contributed by atoms with Gasteiger partial charge in [0.2, 0.25) is 10.9 Å². The van der Waals surface area contributed by atoms with E-state index in [4.69, 9.17) is 20.8 Å².